The fourth-order valence-corrected chi connectivity index (χ4v) is 3.29. The average Bonchev–Trinajstić information content (AvgIpc) is 2.97. The summed E-state index contributed by atoms with van der Waals surface area (Å²) < 4.78 is 0. The first kappa shape index (κ1) is 15.6. The van der Waals surface area contributed by atoms with E-state index in [1.54, 1.807) is 48.1 Å². The highest BCUT2D eigenvalue weighted by molar-refractivity contribution is 7.99. The number of nitrogens with one attached hydrogen (secondary N) is 1. The molecular formula is C15H19N3O2S. The number of allylic oxidation sites excluding steroid dienone is 1. The Morgan fingerprint density at radius 1 is 1.48 bits per heavy atom. The van der Waals surface area contributed by atoms with Crippen LogP contribution in [0.25, 0.3) is 0 Å². The minimum Gasteiger partial charge on any atom is -0.324 e. The summed E-state index contributed by atoms with van der Waals surface area (Å²) in [5.74, 6) is 0.977. The topological polar surface area (TPSA) is 62.3 Å². The van der Waals surface area contributed by atoms with Crippen molar-refractivity contribution in [2.75, 3.05) is 16.9 Å². The molecule has 0 spiro atoms. The molecule has 0 saturated carbocycles. The second kappa shape index (κ2) is 7.26. The zero-order chi connectivity index (χ0) is 15.2. The Kier molecular flexibility index (Phi) is 5.38. The maximum absolute atomic E-state index is 12.4. The molecule has 1 saturated heterocycles. The second-order valence-corrected chi connectivity index (χ2v) is 5.81. The quantitative estimate of drug-likeness (QED) is 0.867. The molecule has 1 N–H and O–H groups in total. The summed E-state index contributed by atoms with van der Waals surface area (Å²) in [4.78, 5) is 30.3. The van der Waals surface area contributed by atoms with Gasteiger partial charge in [0.2, 0.25) is 5.91 Å². The number of amides is 2. The van der Waals surface area contributed by atoms with Gasteiger partial charge < -0.3 is 10.2 Å². The SMILES string of the molecule is CC/C=C(/C)C(=O)N1CSC[C@@H]1C(=O)Nc1ccncc1. The van der Waals surface area contributed by atoms with Crippen LogP contribution in [-0.2, 0) is 9.59 Å². The van der Waals surface area contributed by atoms with E-state index in [4.69, 9.17) is 0 Å². The van der Waals surface area contributed by atoms with Crippen LogP contribution in [0.15, 0.2) is 36.2 Å². The van der Waals surface area contributed by atoms with E-state index in [1.807, 2.05) is 13.0 Å². The summed E-state index contributed by atoms with van der Waals surface area (Å²) in [6, 6.07) is 3.04. The molecule has 0 aromatic carbocycles. The summed E-state index contributed by atoms with van der Waals surface area (Å²) >= 11 is 1.60. The number of aromatic nitrogens is 1. The number of carbonyl (C=O) groups excluding carboxylic acids is 2. The van der Waals surface area contributed by atoms with Crippen molar-refractivity contribution in [1.82, 2.24) is 9.88 Å². The molecule has 0 unspecified atom stereocenters. The summed E-state index contributed by atoms with van der Waals surface area (Å²) in [6.45, 7) is 3.79. The van der Waals surface area contributed by atoms with Crippen LogP contribution in [0.4, 0.5) is 5.69 Å². The third-order valence-corrected chi connectivity index (χ3v) is 4.25. The van der Waals surface area contributed by atoms with Crippen molar-refractivity contribution in [2.45, 2.75) is 26.3 Å². The van der Waals surface area contributed by atoms with Crippen molar-refractivity contribution >= 4 is 29.3 Å². The molecular weight excluding hydrogens is 286 g/mol. The molecule has 1 aromatic rings. The third kappa shape index (κ3) is 3.85. The number of hydrogen-bond donors (Lipinski definition) is 1. The largest absolute Gasteiger partial charge is 0.324 e. The molecule has 2 heterocycles. The third-order valence-electron chi connectivity index (χ3n) is 3.24. The molecule has 21 heavy (non-hydrogen) atoms. The Labute approximate surface area is 128 Å². The standard InChI is InChI=1S/C15H19N3O2S/c1-3-4-11(2)15(20)18-10-21-9-13(18)14(19)17-12-5-7-16-8-6-12/h4-8,13H,3,9-10H2,1-2H3,(H,16,17,19)/b11-4-/t13-/m1/s1. The highest BCUT2D eigenvalue weighted by atomic mass is 32.2. The van der Waals surface area contributed by atoms with Gasteiger partial charge in [-0.05, 0) is 25.5 Å². The number of anilines is 1. The van der Waals surface area contributed by atoms with Gasteiger partial charge in [0.15, 0.2) is 0 Å². The lowest BCUT2D eigenvalue weighted by Gasteiger charge is -2.23. The van der Waals surface area contributed by atoms with E-state index in [2.05, 4.69) is 10.3 Å². The molecule has 1 aliphatic heterocycles. The second-order valence-electron chi connectivity index (χ2n) is 4.81. The van der Waals surface area contributed by atoms with Gasteiger partial charge in [-0.1, -0.05) is 13.0 Å². The maximum Gasteiger partial charge on any atom is 0.250 e. The highest BCUT2D eigenvalue weighted by Gasteiger charge is 2.34. The minimum absolute atomic E-state index is 0.0586. The van der Waals surface area contributed by atoms with Crippen molar-refractivity contribution in [3.63, 3.8) is 0 Å². The number of pyridine rings is 1. The summed E-state index contributed by atoms with van der Waals surface area (Å²) in [6.07, 6.45) is 5.95. The van der Waals surface area contributed by atoms with Gasteiger partial charge in [-0.15, -0.1) is 11.8 Å². The molecule has 1 fully saturated rings. The van der Waals surface area contributed by atoms with Crippen molar-refractivity contribution in [1.29, 1.82) is 0 Å². The van der Waals surface area contributed by atoms with Crippen LogP contribution < -0.4 is 5.32 Å². The molecule has 0 aliphatic carbocycles. The molecule has 2 rings (SSSR count). The normalized spacial score (nSPS) is 18.7. The summed E-state index contributed by atoms with van der Waals surface area (Å²) in [5.41, 5.74) is 1.39. The molecule has 0 bridgehead atoms. The Bertz CT molecular complexity index is 545. The summed E-state index contributed by atoms with van der Waals surface area (Å²) in [7, 11) is 0. The average molecular weight is 305 g/mol. The Hall–Kier alpha value is -1.82. The smallest absolute Gasteiger partial charge is 0.250 e. The van der Waals surface area contributed by atoms with E-state index in [0.717, 1.165) is 6.42 Å². The van der Waals surface area contributed by atoms with Crippen LogP contribution in [0.5, 0.6) is 0 Å². The lowest BCUT2D eigenvalue weighted by molar-refractivity contribution is -0.133. The fraction of sp³-hybridized carbons (Fsp3) is 0.400. The van der Waals surface area contributed by atoms with Crippen molar-refractivity contribution < 1.29 is 9.59 Å². The van der Waals surface area contributed by atoms with Gasteiger partial charge in [-0.25, -0.2) is 0 Å². The van der Waals surface area contributed by atoms with E-state index in [0.29, 0.717) is 22.9 Å². The van der Waals surface area contributed by atoms with Crippen molar-refractivity contribution in [3.8, 4) is 0 Å². The lowest BCUT2D eigenvalue weighted by Crippen LogP contribution is -2.44. The zero-order valence-corrected chi connectivity index (χ0v) is 13.0. The van der Waals surface area contributed by atoms with Crippen molar-refractivity contribution in [2.24, 2.45) is 0 Å². The number of rotatable bonds is 4. The van der Waals surface area contributed by atoms with Gasteiger partial charge in [0.1, 0.15) is 6.04 Å². The van der Waals surface area contributed by atoms with Crippen LogP contribution in [0.1, 0.15) is 20.3 Å². The first-order valence-electron chi connectivity index (χ1n) is 6.90. The lowest BCUT2D eigenvalue weighted by atomic mass is 10.2. The molecule has 5 nitrogen and oxygen atoms in total. The molecule has 6 heteroatoms. The fourth-order valence-electron chi connectivity index (χ4n) is 2.14. The maximum atomic E-state index is 12.4. The minimum atomic E-state index is -0.420. The number of thioether (sulfide) groups is 1. The zero-order valence-electron chi connectivity index (χ0n) is 12.2. The number of nitrogens with zero attached hydrogens (tertiary/aromatic N) is 2. The van der Waals surface area contributed by atoms with E-state index in [-0.39, 0.29) is 11.8 Å². The van der Waals surface area contributed by atoms with Crippen LogP contribution in [0.2, 0.25) is 0 Å². The molecule has 0 radical (unpaired) electrons. The van der Waals surface area contributed by atoms with Gasteiger partial charge in [-0.3, -0.25) is 14.6 Å². The Balaban J connectivity index is 2.06. The number of hydrogen-bond acceptors (Lipinski definition) is 4. The predicted molar refractivity (Wildman–Crippen MR) is 84.9 cm³/mol. The molecule has 1 aromatic heterocycles. The van der Waals surface area contributed by atoms with Crippen LogP contribution in [-0.4, -0.2) is 39.4 Å². The van der Waals surface area contributed by atoms with Gasteiger partial charge >= 0.3 is 0 Å². The first-order chi connectivity index (χ1) is 10.1. The molecule has 112 valence electrons. The Morgan fingerprint density at radius 2 is 2.19 bits per heavy atom. The van der Waals surface area contributed by atoms with E-state index in [9.17, 15) is 9.59 Å². The molecule has 1 atom stereocenters. The van der Waals surface area contributed by atoms with Crippen LogP contribution in [0, 0.1) is 0 Å². The highest BCUT2D eigenvalue weighted by Crippen LogP contribution is 2.24. The molecule has 2 amide bonds. The van der Waals surface area contributed by atoms with E-state index < -0.39 is 6.04 Å². The van der Waals surface area contributed by atoms with Gasteiger partial charge in [0.05, 0.1) is 5.88 Å². The van der Waals surface area contributed by atoms with E-state index in [1.165, 1.54) is 0 Å². The first-order valence-corrected chi connectivity index (χ1v) is 8.05. The van der Waals surface area contributed by atoms with Gasteiger partial charge in [0.25, 0.3) is 5.91 Å². The summed E-state index contributed by atoms with van der Waals surface area (Å²) in [5, 5.41) is 2.83. The van der Waals surface area contributed by atoms with Gasteiger partial charge in [0, 0.05) is 29.4 Å². The van der Waals surface area contributed by atoms with Crippen LogP contribution in [0.3, 0.4) is 0 Å². The molecule has 1 aliphatic rings. The van der Waals surface area contributed by atoms with Gasteiger partial charge in [-0.2, -0.15) is 0 Å². The van der Waals surface area contributed by atoms with Crippen LogP contribution >= 0.6 is 11.8 Å². The number of carbonyl (C=O) groups is 2. The van der Waals surface area contributed by atoms with Crippen molar-refractivity contribution in [3.05, 3.63) is 36.2 Å². The monoisotopic (exact) mass is 305 g/mol. The predicted octanol–water partition coefficient (Wildman–Crippen LogP) is 2.28. The Morgan fingerprint density at radius 3 is 2.86 bits per heavy atom. The van der Waals surface area contributed by atoms with E-state index >= 15 is 0 Å².